The third-order valence-electron chi connectivity index (χ3n) is 4.35. The molecular weight excluding hydrogens is 398 g/mol. The molecule has 0 atom stereocenters. The van der Waals surface area contributed by atoms with E-state index in [0.29, 0.717) is 29.2 Å². The Morgan fingerprint density at radius 2 is 1.63 bits per heavy atom. The minimum atomic E-state index is -0.179. The molecule has 6 nitrogen and oxygen atoms in total. The van der Waals surface area contributed by atoms with Crippen molar-refractivity contribution in [3.05, 3.63) is 87.1 Å². The van der Waals surface area contributed by atoms with Crippen LogP contribution in [0.4, 0.5) is 5.69 Å². The molecule has 0 aliphatic rings. The van der Waals surface area contributed by atoms with Gasteiger partial charge in [-0.25, -0.2) is 0 Å². The summed E-state index contributed by atoms with van der Waals surface area (Å²) >= 11 is 1.34. The number of carbonyl (C=O) groups is 3. The molecular formula is C23H23N3O3S. The van der Waals surface area contributed by atoms with Gasteiger partial charge in [0.25, 0.3) is 11.8 Å². The number of benzene rings is 2. The Morgan fingerprint density at radius 1 is 0.867 bits per heavy atom. The van der Waals surface area contributed by atoms with Crippen molar-refractivity contribution in [2.45, 2.75) is 26.9 Å². The van der Waals surface area contributed by atoms with Crippen molar-refractivity contribution in [2.75, 3.05) is 5.32 Å². The molecule has 0 bridgehead atoms. The lowest BCUT2D eigenvalue weighted by Gasteiger charge is -2.09. The quantitative estimate of drug-likeness (QED) is 0.541. The van der Waals surface area contributed by atoms with Crippen LogP contribution in [-0.4, -0.2) is 17.7 Å². The standard InChI is InChI=1S/C23H23N3O3S/c1-15-6-8-18(9-7-15)22(28)26-19-5-3-4-17(12-19)13-25-23(29)21-11-10-20(30-21)14-24-16(2)27/h3-12H,13-14H2,1-2H3,(H,24,27)(H,25,29)(H,26,28). The molecule has 3 N–H and O–H groups in total. The lowest BCUT2D eigenvalue weighted by molar-refractivity contribution is -0.119. The Kier molecular flexibility index (Phi) is 6.98. The van der Waals surface area contributed by atoms with Crippen LogP contribution in [-0.2, 0) is 17.9 Å². The second-order valence-corrected chi connectivity index (χ2v) is 8.05. The van der Waals surface area contributed by atoms with Crippen molar-refractivity contribution in [3.8, 4) is 0 Å². The molecule has 2 aromatic carbocycles. The van der Waals surface area contributed by atoms with Gasteiger partial charge in [-0.05, 0) is 48.9 Å². The second kappa shape index (κ2) is 9.84. The van der Waals surface area contributed by atoms with E-state index < -0.39 is 0 Å². The van der Waals surface area contributed by atoms with Crippen LogP contribution < -0.4 is 16.0 Å². The highest BCUT2D eigenvalue weighted by molar-refractivity contribution is 7.14. The number of thiophene rings is 1. The molecule has 3 rings (SSSR count). The van der Waals surface area contributed by atoms with E-state index in [4.69, 9.17) is 0 Å². The van der Waals surface area contributed by atoms with Gasteiger partial charge in [0.15, 0.2) is 0 Å². The van der Waals surface area contributed by atoms with Gasteiger partial charge in [0, 0.05) is 29.6 Å². The van der Waals surface area contributed by atoms with E-state index in [1.54, 1.807) is 18.2 Å². The van der Waals surface area contributed by atoms with E-state index in [-0.39, 0.29) is 17.7 Å². The van der Waals surface area contributed by atoms with Gasteiger partial charge in [-0.1, -0.05) is 29.8 Å². The van der Waals surface area contributed by atoms with E-state index in [0.717, 1.165) is 16.0 Å². The molecule has 3 amide bonds. The number of hydrogen-bond acceptors (Lipinski definition) is 4. The monoisotopic (exact) mass is 421 g/mol. The third kappa shape index (κ3) is 6.02. The molecule has 0 unspecified atom stereocenters. The van der Waals surface area contributed by atoms with E-state index >= 15 is 0 Å². The minimum Gasteiger partial charge on any atom is -0.351 e. The average molecular weight is 422 g/mol. The summed E-state index contributed by atoms with van der Waals surface area (Å²) in [7, 11) is 0. The van der Waals surface area contributed by atoms with Gasteiger partial charge in [-0.2, -0.15) is 0 Å². The average Bonchev–Trinajstić information content (AvgIpc) is 3.20. The molecule has 1 heterocycles. The summed E-state index contributed by atoms with van der Waals surface area (Å²) < 4.78 is 0. The van der Waals surface area contributed by atoms with Crippen LogP contribution >= 0.6 is 11.3 Å². The topological polar surface area (TPSA) is 87.3 Å². The first-order valence-electron chi connectivity index (χ1n) is 9.49. The van der Waals surface area contributed by atoms with Crippen molar-refractivity contribution in [1.82, 2.24) is 10.6 Å². The van der Waals surface area contributed by atoms with Gasteiger partial charge in [0.1, 0.15) is 0 Å². The number of amides is 3. The first-order valence-corrected chi connectivity index (χ1v) is 10.3. The zero-order valence-electron chi connectivity index (χ0n) is 16.8. The largest absolute Gasteiger partial charge is 0.351 e. The maximum absolute atomic E-state index is 12.4. The number of rotatable bonds is 7. The van der Waals surface area contributed by atoms with Crippen molar-refractivity contribution >= 4 is 34.7 Å². The van der Waals surface area contributed by atoms with Crippen LogP contribution in [0.25, 0.3) is 0 Å². The molecule has 1 aromatic heterocycles. The van der Waals surface area contributed by atoms with Crippen LogP contribution in [0.3, 0.4) is 0 Å². The zero-order chi connectivity index (χ0) is 21.5. The van der Waals surface area contributed by atoms with Gasteiger partial charge < -0.3 is 16.0 Å². The number of anilines is 1. The number of nitrogens with one attached hydrogen (secondary N) is 3. The summed E-state index contributed by atoms with van der Waals surface area (Å²) in [6.07, 6.45) is 0. The lowest BCUT2D eigenvalue weighted by atomic mass is 10.1. The number of hydrogen-bond donors (Lipinski definition) is 3. The highest BCUT2D eigenvalue weighted by Crippen LogP contribution is 2.17. The highest BCUT2D eigenvalue weighted by Gasteiger charge is 2.10. The van der Waals surface area contributed by atoms with Crippen molar-refractivity contribution in [1.29, 1.82) is 0 Å². The maximum Gasteiger partial charge on any atom is 0.261 e. The molecule has 0 fully saturated rings. The molecule has 30 heavy (non-hydrogen) atoms. The smallest absolute Gasteiger partial charge is 0.261 e. The van der Waals surface area contributed by atoms with Crippen LogP contribution in [0.15, 0.2) is 60.7 Å². The van der Waals surface area contributed by atoms with Gasteiger partial charge in [-0.15, -0.1) is 11.3 Å². The molecule has 3 aromatic rings. The summed E-state index contributed by atoms with van der Waals surface area (Å²) in [4.78, 5) is 37.3. The molecule has 0 radical (unpaired) electrons. The second-order valence-electron chi connectivity index (χ2n) is 6.88. The fourth-order valence-electron chi connectivity index (χ4n) is 2.74. The fourth-order valence-corrected chi connectivity index (χ4v) is 3.61. The number of aryl methyl sites for hydroxylation is 1. The maximum atomic E-state index is 12.4. The summed E-state index contributed by atoms with van der Waals surface area (Å²) in [6, 6.07) is 18.3. The summed E-state index contributed by atoms with van der Waals surface area (Å²) in [5, 5.41) is 8.48. The van der Waals surface area contributed by atoms with E-state index in [2.05, 4.69) is 16.0 Å². The number of carbonyl (C=O) groups excluding carboxylic acids is 3. The van der Waals surface area contributed by atoms with E-state index in [1.165, 1.54) is 18.3 Å². The SMILES string of the molecule is CC(=O)NCc1ccc(C(=O)NCc2cccc(NC(=O)c3ccc(C)cc3)c2)s1. The van der Waals surface area contributed by atoms with Crippen molar-refractivity contribution in [3.63, 3.8) is 0 Å². The Labute approximate surface area is 179 Å². The first-order chi connectivity index (χ1) is 14.4. The van der Waals surface area contributed by atoms with Crippen molar-refractivity contribution in [2.24, 2.45) is 0 Å². The summed E-state index contributed by atoms with van der Waals surface area (Å²) in [5.41, 5.74) is 3.23. The molecule has 0 spiro atoms. The van der Waals surface area contributed by atoms with Crippen LogP contribution in [0, 0.1) is 6.92 Å². The highest BCUT2D eigenvalue weighted by atomic mass is 32.1. The molecule has 0 aliphatic carbocycles. The Morgan fingerprint density at radius 3 is 2.37 bits per heavy atom. The molecule has 0 saturated heterocycles. The van der Waals surface area contributed by atoms with Gasteiger partial charge >= 0.3 is 0 Å². The summed E-state index contributed by atoms with van der Waals surface area (Å²) in [6.45, 7) is 4.18. The van der Waals surface area contributed by atoms with E-state index in [1.807, 2.05) is 49.4 Å². The van der Waals surface area contributed by atoms with Crippen LogP contribution in [0.1, 0.15) is 43.0 Å². The predicted molar refractivity (Wildman–Crippen MR) is 119 cm³/mol. The van der Waals surface area contributed by atoms with Crippen LogP contribution in [0.5, 0.6) is 0 Å². The summed E-state index contributed by atoms with van der Waals surface area (Å²) in [5.74, 6) is -0.464. The molecule has 0 aliphatic heterocycles. The Bertz CT molecular complexity index is 1060. The zero-order valence-corrected chi connectivity index (χ0v) is 17.6. The van der Waals surface area contributed by atoms with Gasteiger partial charge in [0.2, 0.25) is 5.91 Å². The fraction of sp³-hybridized carbons (Fsp3) is 0.174. The van der Waals surface area contributed by atoms with Crippen LogP contribution in [0.2, 0.25) is 0 Å². The Balaban J connectivity index is 1.56. The van der Waals surface area contributed by atoms with Gasteiger partial charge in [0.05, 0.1) is 11.4 Å². The Hall–Kier alpha value is -3.45. The lowest BCUT2D eigenvalue weighted by Crippen LogP contribution is -2.22. The third-order valence-corrected chi connectivity index (χ3v) is 5.43. The van der Waals surface area contributed by atoms with Crippen molar-refractivity contribution < 1.29 is 14.4 Å². The first kappa shape index (κ1) is 21.3. The van der Waals surface area contributed by atoms with E-state index in [9.17, 15) is 14.4 Å². The minimum absolute atomic E-state index is 0.108. The molecule has 7 heteroatoms. The normalized spacial score (nSPS) is 10.3. The molecule has 154 valence electrons. The molecule has 0 saturated carbocycles. The predicted octanol–water partition coefficient (Wildman–Crippen LogP) is 3.87. The van der Waals surface area contributed by atoms with Gasteiger partial charge in [-0.3, -0.25) is 14.4 Å².